The van der Waals surface area contributed by atoms with Crippen LogP contribution < -0.4 is 0 Å². The molecule has 0 unspecified atom stereocenters. The van der Waals surface area contributed by atoms with Gasteiger partial charge < -0.3 is 9.64 Å². The van der Waals surface area contributed by atoms with E-state index in [1.165, 1.54) is 0 Å². The summed E-state index contributed by atoms with van der Waals surface area (Å²) in [6, 6.07) is 14.0. The summed E-state index contributed by atoms with van der Waals surface area (Å²) in [4.78, 5) is 19.5. The molecule has 1 saturated heterocycles. The van der Waals surface area contributed by atoms with Crippen molar-refractivity contribution in [1.29, 1.82) is 0 Å². The number of morpholine rings is 1. The molecule has 0 aliphatic carbocycles. The first-order chi connectivity index (χ1) is 13.7. The summed E-state index contributed by atoms with van der Waals surface area (Å²) in [5, 5.41) is 9.24. The topological polar surface area (TPSA) is 71.1 Å². The van der Waals surface area contributed by atoms with Crippen molar-refractivity contribution in [2.24, 2.45) is 0 Å². The van der Waals surface area contributed by atoms with E-state index in [9.17, 15) is 4.79 Å². The summed E-state index contributed by atoms with van der Waals surface area (Å²) in [6.45, 7) is 4.43. The van der Waals surface area contributed by atoms with Gasteiger partial charge in [-0.15, -0.1) is 0 Å². The fourth-order valence-electron chi connectivity index (χ4n) is 3.87. The van der Waals surface area contributed by atoms with Crippen LogP contribution in [-0.4, -0.2) is 52.3 Å². The lowest BCUT2D eigenvalue weighted by atomic mass is 9.96. The number of ether oxygens (including phenoxy) is 1. The van der Waals surface area contributed by atoms with Gasteiger partial charge in [-0.2, -0.15) is 5.10 Å². The predicted octanol–water partition coefficient (Wildman–Crippen LogP) is 3.56. The van der Waals surface area contributed by atoms with Crippen molar-refractivity contribution >= 4 is 27.7 Å². The number of rotatable bonds is 2. The molecule has 140 valence electrons. The molecule has 1 amide bonds. The Morgan fingerprint density at radius 3 is 2.79 bits per heavy atom. The Labute approximate surface area is 162 Å². The van der Waals surface area contributed by atoms with Crippen molar-refractivity contribution in [1.82, 2.24) is 20.1 Å². The van der Waals surface area contributed by atoms with E-state index in [1.54, 1.807) is 0 Å². The van der Waals surface area contributed by atoms with Gasteiger partial charge in [0.25, 0.3) is 5.91 Å². The van der Waals surface area contributed by atoms with Crippen LogP contribution in [0.25, 0.3) is 32.9 Å². The molecule has 1 fully saturated rings. The normalized spacial score (nSPS) is 14.7. The largest absolute Gasteiger partial charge is 0.378 e. The lowest BCUT2D eigenvalue weighted by Crippen LogP contribution is -2.40. The Morgan fingerprint density at radius 1 is 1.07 bits per heavy atom. The first kappa shape index (κ1) is 16.9. The van der Waals surface area contributed by atoms with Crippen LogP contribution in [0.3, 0.4) is 0 Å². The Balaban J connectivity index is 1.68. The number of H-pyrrole nitrogens is 1. The Kier molecular flexibility index (Phi) is 4.06. The minimum atomic E-state index is 0.0400. The van der Waals surface area contributed by atoms with Gasteiger partial charge in [0.2, 0.25) is 0 Å². The molecule has 3 heterocycles. The Hall–Kier alpha value is -3.25. The quantitative estimate of drug-likeness (QED) is 0.584. The number of carbonyl (C=O) groups is 1. The monoisotopic (exact) mass is 372 g/mol. The van der Waals surface area contributed by atoms with Crippen LogP contribution in [0.5, 0.6) is 0 Å². The smallest absolute Gasteiger partial charge is 0.254 e. The van der Waals surface area contributed by atoms with E-state index < -0.39 is 0 Å². The van der Waals surface area contributed by atoms with Gasteiger partial charge in [0.1, 0.15) is 0 Å². The fraction of sp³-hybridized carbons (Fsp3) is 0.227. The second-order valence-electron chi connectivity index (χ2n) is 7.08. The molecule has 6 heteroatoms. The fourth-order valence-corrected chi connectivity index (χ4v) is 3.87. The van der Waals surface area contributed by atoms with Crippen molar-refractivity contribution in [3.05, 3.63) is 59.9 Å². The highest BCUT2D eigenvalue weighted by Gasteiger charge is 2.20. The van der Waals surface area contributed by atoms with Gasteiger partial charge in [0.05, 0.1) is 30.4 Å². The molecule has 0 atom stereocenters. The third kappa shape index (κ3) is 2.82. The first-order valence-electron chi connectivity index (χ1n) is 9.41. The van der Waals surface area contributed by atoms with E-state index in [-0.39, 0.29) is 5.91 Å². The summed E-state index contributed by atoms with van der Waals surface area (Å²) in [7, 11) is 0. The molecule has 1 aliphatic heterocycles. The number of amides is 1. The number of nitrogens with zero attached hydrogens (tertiary/aromatic N) is 3. The molecule has 2 aromatic heterocycles. The van der Waals surface area contributed by atoms with Gasteiger partial charge in [0.15, 0.2) is 0 Å². The van der Waals surface area contributed by atoms with E-state index in [1.807, 2.05) is 48.4 Å². The molecule has 2 aromatic carbocycles. The maximum atomic E-state index is 13.0. The highest BCUT2D eigenvalue weighted by Crippen LogP contribution is 2.34. The number of aromatic nitrogens is 3. The van der Waals surface area contributed by atoms with Gasteiger partial charge in [-0.25, -0.2) is 0 Å². The number of benzene rings is 2. The third-order valence-corrected chi connectivity index (χ3v) is 5.26. The second-order valence-corrected chi connectivity index (χ2v) is 7.08. The lowest BCUT2D eigenvalue weighted by Gasteiger charge is -2.27. The minimum Gasteiger partial charge on any atom is -0.378 e. The van der Waals surface area contributed by atoms with Crippen molar-refractivity contribution in [3.8, 4) is 11.1 Å². The van der Waals surface area contributed by atoms with Gasteiger partial charge in [-0.3, -0.25) is 14.9 Å². The summed E-state index contributed by atoms with van der Waals surface area (Å²) >= 11 is 0. The summed E-state index contributed by atoms with van der Waals surface area (Å²) in [5.74, 6) is 0.0400. The van der Waals surface area contributed by atoms with Crippen LogP contribution in [0.1, 0.15) is 16.1 Å². The van der Waals surface area contributed by atoms with E-state index in [0.29, 0.717) is 31.9 Å². The minimum absolute atomic E-state index is 0.0400. The summed E-state index contributed by atoms with van der Waals surface area (Å²) in [6.07, 6.45) is 1.84. The average molecular weight is 372 g/mol. The number of aryl methyl sites for hydroxylation is 1. The number of fused-ring (bicyclic) bond motifs is 2. The van der Waals surface area contributed by atoms with Crippen molar-refractivity contribution < 1.29 is 9.53 Å². The number of hydrogen-bond acceptors (Lipinski definition) is 4. The standard InChI is InChI=1S/C22H20N4O2/c1-14-11-17(16-3-2-4-21-19(16)13-23-25-21)18-12-15(5-6-20(18)24-14)22(27)26-7-9-28-10-8-26/h2-6,11-13H,7-10H2,1H3,(H,23,25). The lowest BCUT2D eigenvalue weighted by molar-refractivity contribution is 0.0303. The van der Waals surface area contributed by atoms with Crippen LogP contribution in [0.15, 0.2) is 48.7 Å². The Bertz CT molecular complexity index is 1190. The molecule has 0 bridgehead atoms. The molecule has 5 rings (SSSR count). The van der Waals surface area contributed by atoms with E-state index >= 15 is 0 Å². The zero-order valence-electron chi connectivity index (χ0n) is 15.6. The number of aromatic amines is 1. The van der Waals surface area contributed by atoms with Crippen LogP contribution in [0, 0.1) is 6.92 Å². The molecular weight excluding hydrogens is 352 g/mol. The highest BCUT2D eigenvalue weighted by molar-refractivity contribution is 6.06. The SMILES string of the molecule is Cc1cc(-c2cccc3[nH]ncc23)c2cc(C(=O)N3CCOCC3)ccc2n1. The van der Waals surface area contributed by atoms with Crippen LogP contribution >= 0.6 is 0 Å². The zero-order valence-corrected chi connectivity index (χ0v) is 15.6. The number of pyridine rings is 1. The summed E-state index contributed by atoms with van der Waals surface area (Å²) in [5.41, 5.74) is 5.63. The number of nitrogens with one attached hydrogen (secondary N) is 1. The van der Waals surface area contributed by atoms with Gasteiger partial charge in [-0.05, 0) is 48.4 Å². The summed E-state index contributed by atoms with van der Waals surface area (Å²) < 4.78 is 5.37. The first-order valence-corrected chi connectivity index (χ1v) is 9.41. The third-order valence-electron chi connectivity index (χ3n) is 5.26. The Morgan fingerprint density at radius 2 is 1.93 bits per heavy atom. The maximum Gasteiger partial charge on any atom is 0.254 e. The molecule has 6 nitrogen and oxygen atoms in total. The highest BCUT2D eigenvalue weighted by atomic mass is 16.5. The molecule has 1 N–H and O–H groups in total. The van der Waals surface area contributed by atoms with Gasteiger partial charge in [0, 0.05) is 35.1 Å². The molecule has 0 saturated carbocycles. The number of hydrogen-bond donors (Lipinski definition) is 1. The molecule has 28 heavy (non-hydrogen) atoms. The predicted molar refractivity (Wildman–Crippen MR) is 108 cm³/mol. The van der Waals surface area contributed by atoms with Crippen LogP contribution in [0.4, 0.5) is 0 Å². The second kappa shape index (κ2) is 6.73. The van der Waals surface area contributed by atoms with Crippen molar-refractivity contribution in [3.63, 3.8) is 0 Å². The molecule has 0 spiro atoms. The molecule has 1 aliphatic rings. The van der Waals surface area contributed by atoms with Gasteiger partial charge >= 0.3 is 0 Å². The molecule has 4 aromatic rings. The van der Waals surface area contributed by atoms with E-state index in [2.05, 4.69) is 27.3 Å². The molecular formula is C22H20N4O2. The average Bonchev–Trinajstić information content (AvgIpc) is 3.22. The van der Waals surface area contributed by atoms with Crippen molar-refractivity contribution in [2.75, 3.05) is 26.3 Å². The van der Waals surface area contributed by atoms with E-state index in [4.69, 9.17) is 4.74 Å². The number of carbonyl (C=O) groups excluding carboxylic acids is 1. The van der Waals surface area contributed by atoms with Crippen LogP contribution in [-0.2, 0) is 4.74 Å². The van der Waals surface area contributed by atoms with E-state index in [0.717, 1.165) is 38.6 Å². The van der Waals surface area contributed by atoms with Crippen LogP contribution in [0.2, 0.25) is 0 Å². The molecule has 0 radical (unpaired) electrons. The maximum absolute atomic E-state index is 13.0. The zero-order chi connectivity index (χ0) is 19.1. The van der Waals surface area contributed by atoms with Crippen molar-refractivity contribution in [2.45, 2.75) is 6.92 Å². The van der Waals surface area contributed by atoms with Gasteiger partial charge in [-0.1, -0.05) is 12.1 Å².